The van der Waals surface area contributed by atoms with E-state index in [1.807, 2.05) is 0 Å². The molecule has 0 saturated carbocycles. The summed E-state index contributed by atoms with van der Waals surface area (Å²) < 4.78 is 74.9. The van der Waals surface area contributed by atoms with E-state index in [4.69, 9.17) is 17.3 Å². The van der Waals surface area contributed by atoms with Gasteiger partial charge in [-0.2, -0.15) is 13.2 Å². The first-order valence-corrected chi connectivity index (χ1v) is 5.10. The molecule has 0 fully saturated rings. The van der Waals surface area contributed by atoms with E-state index in [1.165, 1.54) is 0 Å². The largest absolute Gasteiger partial charge is 0.416 e. The van der Waals surface area contributed by atoms with Gasteiger partial charge >= 0.3 is 6.18 Å². The highest BCUT2D eigenvalue weighted by atomic mass is 35.5. The summed E-state index contributed by atoms with van der Waals surface area (Å²) >= 11 is 5.29. The fourth-order valence-corrected chi connectivity index (χ4v) is 1.59. The predicted molar refractivity (Wildman–Crippen MR) is 61.2 cm³/mol. The summed E-state index contributed by atoms with van der Waals surface area (Å²) in [6.45, 7) is 0. The van der Waals surface area contributed by atoms with Gasteiger partial charge < -0.3 is 5.73 Å². The van der Waals surface area contributed by atoms with E-state index in [0.717, 1.165) is 0 Å². The monoisotopic (exact) mass is 327 g/mol. The Hall–Kier alpha value is -0.660. The highest BCUT2D eigenvalue weighted by Crippen LogP contribution is 2.35. The van der Waals surface area contributed by atoms with Gasteiger partial charge in [-0.1, -0.05) is 11.6 Å². The minimum absolute atomic E-state index is 0. The van der Waals surface area contributed by atoms with Gasteiger partial charge in [0.25, 0.3) is 0 Å². The zero-order chi connectivity index (χ0) is 14.1. The summed E-state index contributed by atoms with van der Waals surface area (Å²) in [4.78, 5) is 0. The summed E-state index contributed by atoms with van der Waals surface area (Å²) in [6, 6.07) is -0.770. The number of benzene rings is 1. The van der Waals surface area contributed by atoms with Crippen LogP contribution in [0.4, 0.5) is 26.3 Å². The fourth-order valence-electron chi connectivity index (χ4n) is 1.36. The molecule has 0 aliphatic heterocycles. The first kappa shape index (κ1) is 18.3. The van der Waals surface area contributed by atoms with Crippen LogP contribution in [-0.2, 0) is 6.18 Å². The molecule has 0 radical (unpaired) electrons. The molecule has 1 nitrogen and oxygen atoms in total. The van der Waals surface area contributed by atoms with Gasteiger partial charge in [0, 0.05) is 18.0 Å². The van der Waals surface area contributed by atoms with Gasteiger partial charge in [0.05, 0.1) is 10.6 Å². The van der Waals surface area contributed by atoms with Crippen molar-refractivity contribution in [2.24, 2.45) is 5.73 Å². The SMILES string of the molecule is Cl.N[C@@H](CC(F)F)c1cc(C(F)(F)F)cc(Cl)c1F. The Morgan fingerprint density at radius 3 is 2.16 bits per heavy atom. The second-order valence-electron chi connectivity index (χ2n) is 3.59. The van der Waals surface area contributed by atoms with Gasteiger partial charge in [-0.15, -0.1) is 12.4 Å². The highest BCUT2D eigenvalue weighted by Gasteiger charge is 2.33. The van der Waals surface area contributed by atoms with Crippen molar-refractivity contribution < 1.29 is 26.3 Å². The quantitative estimate of drug-likeness (QED) is 0.808. The van der Waals surface area contributed by atoms with Crippen molar-refractivity contribution in [1.82, 2.24) is 0 Å². The Morgan fingerprint density at radius 1 is 1.21 bits per heavy atom. The first-order valence-electron chi connectivity index (χ1n) is 4.72. The van der Waals surface area contributed by atoms with Crippen LogP contribution in [0.3, 0.4) is 0 Å². The molecule has 0 aliphatic rings. The summed E-state index contributed by atoms with van der Waals surface area (Å²) in [5, 5.41) is -0.801. The Kier molecular flexibility index (Phi) is 6.44. The van der Waals surface area contributed by atoms with Gasteiger partial charge in [-0.3, -0.25) is 0 Å². The Morgan fingerprint density at radius 2 is 1.74 bits per heavy atom. The molecular weight excluding hydrogens is 319 g/mol. The highest BCUT2D eigenvalue weighted by molar-refractivity contribution is 6.30. The van der Waals surface area contributed by atoms with Crippen molar-refractivity contribution in [3.05, 3.63) is 34.1 Å². The molecule has 1 aromatic carbocycles. The van der Waals surface area contributed by atoms with Crippen molar-refractivity contribution in [1.29, 1.82) is 0 Å². The molecule has 0 spiro atoms. The number of hydrogen-bond acceptors (Lipinski definition) is 1. The summed E-state index contributed by atoms with van der Waals surface area (Å²) in [6.07, 6.45) is -8.56. The summed E-state index contributed by atoms with van der Waals surface area (Å²) in [5.41, 5.74) is 3.33. The van der Waals surface area contributed by atoms with Crippen LogP contribution < -0.4 is 5.73 Å². The molecule has 0 bridgehead atoms. The maximum Gasteiger partial charge on any atom is 0.416 e. The van der Waals surface area contributed by atoms with Crippen LogP contribution in [0.5, 0.6) is 0 Å². The molecule has 9 heteroatoms. The van der Waals surface area contributed by atoms with Crippen LogP contribution in [0.1, 0.15) is 23.6 Å². The van der Waals surface area contributed by atoms with Gasteiger partial charge in [-0.25, -0.2) is 13.2 Å². The molecule has 2 N–H and O–H groups in total. The lowest BCUT2D eigenvalue weighted by atomic mass is 10.0. The molecule has 19 heavy (non-hydrogen) atoms. The molecule has 0 saturated heterocycles. The number of halogens is 8. The Balaban J connectivity index is 0.00000324. The van der Waals surface area contributed by atoms with Gasteiger partial charge in [-0.05, 0) is 12.1 Å². The molecule has 1 rings (SSSR count). The third-order valence-corrected chi connectivity index (χ3v) is 2.49. The third-order valence-electron chi connectivity index (χ3n) is 2.22. The standard InChI is InChI=1S/C10H8ClF6N.ClH/c11-6-2-4(10(15,16)17)1-5(9(6)14)7(18)3-8(12)13;/h1-2,7-8H,3,18H2;1H/t7-;/m0./s1. The van der Waals surface area contributed by atoms with Crippen molar-refractivity contribution in [2.75, 3.05) is 0 Å². The molecule has 0 heterocycles. The van der Waals surface area contributed by atoms with Crippen molar-refractivity contribution in [2.45, 2.75) is 25.1 Å². The molecule has 110 valence electrons. The molecule has 0 amide bonds. The predicted octanol–water partition coefficient (Wildman–Crippen LogP) is 4.57. The number of rotatable bonds is 3. The molecule has 0 aromatic heterocycles. The molecule has 0 aliphatic carbocycles. The van der Waals surface area contributed by atoms with Crippen LogP contribution in [0.15, 0.2) is 12.1 Å². The van der Waals surface area contributed by atoms with E-state index in [1.54, 1.807) is 0 Å². The van der Waals surface area contributed by atoms with Crippen molar-refractivity contribution >= 4 is 24.0 Å². The van der Waals surface area contributed by atoms with E-state index >= 15 is 0 Å². The molecule has 1 atom stereocenters. The molecule has 1 aromatic rings. The van der Waals surface area contributed by atoms with Crippen LogP contribution in [0.25, 0.3) is 0 Å². The lowest BCUT2D eigenvalue weighted by Crippen LogP contribution is -2.17. The Bertz CT molecular complexity index is 435. The smallest absolute Gasteiger partial charge is 0.324 e. The molecule has 0 unspecified atom stereocenters. The van der Waals surface area contributed by atoms with E-state index in [9.17, 15) is 26.3 Å². The van der Waals surface area contributed by atoms with Crippen LogP contribution in [0.2, 0.25) is 5.02 Å². The Labute approximate surface area is 116 Å². The second kappa shape index (κ2) is 6.67. The zero-order valence-electron chi connectivity index (χ0n) is 9.15. The summed E-state index contributed by atoms with van der Waals surface area (Å²) in [7, 11) is 0. The van der Waals surface area contributed by atoms with Gasteiger partial charge in [0.15, 0.2) is 0 Å². The normalized spacial score (nSPS) is 13.3. The van der Waals surface area contributed by atoms with E-state index in [0.29, 0.717) is 12.1 Å². The van der Waals surface area contributed by atoms with Gasteiger partial charge in [0.1, 0.15) is 5.82 Å². The minimum atomic E-state index is -4.75. The molecular formula is C10H9Cl2F6N. The third kappa shape index (κ3) is 4.74. The second-order valence-corrected chi connectivity index (χ2v) is 4.00. The average molecular weight is 328 g/mol. The maximum atomic E-state index is 13.4. The van der Waals surface area contributed by atoms with E-state index < -0.39 is 47.0 Å². The zero-order valence-corrected chi connectivity index (χ0v) is 10.7. The van der Waals surface area contributed by atoms with Crippen LogP contribution in [-0.4, -0.2) is 6.43 Å². The van der Waals surface area contributed by atoms with E-state index in [2.05, 4.69) is 0 Å². The lowest BCUT2D eigenvalue weighted by molar-refractivity contribution is -0.137. The number of nitrogens with two attached hydrogens (primary N) is 1. The van der Waals surface area contributed by atoms with Crippen molar-refractivity contribution in [3.63, 3.8) is 0 Å². The minimum Gasteiger partial charge on any atom is -0.324 e. The number of alkyl halides is 5. The lowest BCUT2D eigenvalue weighted by Gasteiger charge is -2.16. The van der Waals surface area contributed by atoms with Gasteiger partial charge in [0.2, 0.25) is 6.43 Å². The topological polar surface area (TPSA) is 26.0 Å². The fraction of sp³-hybridized carbons (Fsp3) is 0.400. The average Bonchev–Trinajstić information content (AvgIpc) is 2.18. The first-order chi connectivity index (χ1) is 8.12. The van der Waals surface area contributed by atoms with Crippen LogP contribution >= 0.6 is 24.0 Å². The maximum absolute atomic E-state index is 13.4. The van der Waals surface area contributed by atoms with Crippen LogP contribution in [0, 0.1) is 5.82 Å². The van der Waals surface area contributed by atoms with Crippen molar-refractivity contribution in [3.8, 4) is 0 Å². The number of hydrogen-bond donors (Lipinski definition) is 1. The van der Waals surface area contributed by atoms with E-state index in [-0.39, 0.29) is 12.4 Å². The summed E-state index contributed by atoms with van der Waals surface area (Å²) in [5.74, 6) is -1.21.